The fraction of sp³-hybridized carbons (Fsp3) is 0.571. The third kappa shape index (κ3) is 8.47. The fourth-order valence-corrected chi connectivity index (χ4v) is 4.49. The zero-order valence-corrected chi connectivity index (χ0v) is 21.0. The first-order chi connectivity index (χ1) is 15.7. The molecule has 2 atom stereocenters. The third-order valence-electron chi connectivity index (χ3n) is 5.94. The van der Waals surface area contributed by atoms with Gasteiger partial charge < -0.3 is 14.4 Å². The summed E-state index contributed by atoms with van der Waals surface area (Å²) in [6.45, 7) is 11.8. The van der Waals surface area contributed by atoms with Gasteiger partial charge in [0, 0.05) is 30.5 Å². The third-order valence-corrected chi connectivity index (χ3v) is 5.94. The Labute approximate surface area is 199 Å². The van der Waals surface area contributed by atoms with E-state index >= 15 is 0 Å². The lowest BCUT2D eigenvalue weighted by Crippen LogP contribution is -2.36. The van der Waals surface area contributed by atoms with Gasteiger partial charge in [-0.05, 0) is 83.6 Å². The molecule has 180 valence electrons. The summed E-state index contributed by atoms with van der Waals surface area (Å²) in [6.07, 6.45) is 5.00. The highest BCUT2D eigenvalue weighted by Gasteiger charge is 2.38. The molecular weight excluding hydrogens is 412 g/mol. The smallest absolute Gasteiger partial charge is 0.410 e. The number of carbonyl (C=O) groups excluding carboxylic acids is 1. The Kier molecular flexibility index (Phi) is 8.90. The molecule has 5 heteroatoms. The molecule has 3 rings (SSSR count). The summed E-state index contributed by atoms with van der Waals surface area (Å²) in [5.41, 5.74) is 4.21. The van der Waals surface area contributed by atoms with Gasteiger partial charge in [-0.25, -0.2) is 4.79 Å². The number of ether oxygens (including phenoxy) is 2. The Bertz CT molecular complexity index is 872. The molecule has 0 radical (unpaired) electrons. The van der Waals surface area contributed by atoms with Crippen molar-refractivity contribution in [1.82, 2.24) is 9.88 Å². The minimum absolute atomic E-state index is 0.00857. The van der Waals surface area contributed by atoms with Crippen molar-refractivity contribution >= 4 is 6.09 Å². The lowest BCUT2D eigenvalue weighted by atomic mass is 9.98. The Hall–Kier alpha value is -2.40. The van der Waals surface area contributed by atoms with Crippen LogP contribution in [0.4, 0.5) is 4.79 Å². The van der Waals surface area contributed by atoms with E-state index in [-0.39, 0.29) is 18.1 Å². The van der Waals surface area contributed by atoms with Gasteiger partial charge in [0.25, 0.3) is 0 Å². The van der Waals surface area contributed by atoms with Crippen LogP contribution in [0.5, 0.6) is 0 Å². The van der Waals surface area contributed by atoms with Gasteiger partial charge in [0.2, 0.25) is 0 Å². The monoisotopic (exact) mass is 452 g/mol. The largest absolute Gasteiger partial charge is 0.444 e. The van der Waals surface area contributed by atoms with Crippen molar-refractivity contribution in [2.75, 3.05) is 19.7 Å². The van der Waals surface area contributed by atoms with E-state index in [1.165, 1.54) is 11.1 Å². The number of aromatic nitrogens is 1. The number of rotatable bonds is 9. The van der Waals surface area contributed by atoms with Gasteiger partial charge in [-0.3, -0.25) is 4.98 Å². The van der Waals surface area contributed by atoms with Gasteiger partial charge >= 0.3 is 6.09 Å². The van der Waals surface area contributed by atoms with Crippen molar-refractivity contribution in [3.8, 4) is 0 Å². The van der Waals surface area contributed by atoms with E-state index < -0.39 is 5.60 Å². The van der Waals surface area contributed by atoms with Gasteiger partial charge in [0.15, 0.2) is 0 Å². The average molecular weight is 453 g/mol. The molecule has 0 aliphatic carbocycles. The zero-order chi connectivity index (χ0) is 23.8. The predicted molar refractivity (Wildman–Crippen MR) is 132 cm³/mol. The first kappa shape index (κ1) is 25.2. The SMILES string of the molecule is Cc1cc(C)nc(C[C@@H]2CN(C(=O)OC(C)(C)C)C[C@@H]2OCCCCCc2ccccc2)c1. The van der Waals surface area contributed by atoms with E-state index in [0.29, 0.717) is 13.1 Å². The van der Waals surface area contributed by atoms with E-state index in [2.05, 4.69) is 49.4 Å². The summed E-state index contributed by atoms with van der Waals surface area (Å²) in [4.78, 5) is 19.2. The standard InChI is InChI=1S/C28H40N2O3/c1-21-16-22(2)29-25(17-21)18-24-19-30(27(31)33-28(3,4)5)20-26(24)32-15-11-7-10-14-23-12-8-6-9-13-23/h6,8-9,12-13,16-17,24,26H,7,10-11,14-15,18-20H2,1-5H3/t24-,26+/m1/s1. The second kappa shape index (κ2) is 11.6. The number of carbonyl (C=O) groups is 1. The van der Waals surface area contributed by atoms with E-state index in [9.17, 15) is 4.79 Å². The summed E-state index contributed by atoms with van der Waals surface area (Å²) < 4.78 is 12.0. The number of unbranched alkanes of at least 4 members (excludes halogenated alkanes) is 2. The first-order valence-electron chi connectivity index (χ1n) is 12.3. The summed E-state index contributed by atoms with van der Waals surface area (Å²) in [6, 6.07) is 14.9. The van der Waals surface area contributed by atoms with Crippen LogP contribution in [0.2, 0.25) is 0 Å². The van der Waals surface area contributed by atoms with Crippen molar-refractivity contribution in [3.63, 3.8) is 0 Å². The van der Waals surface area contributed by atoms with Gasteiger partial charge in [-0.1, -0.05) is 36.8 Å². The van der Waals surface area contributed by atoms with Crippen LogP contribution in [0.15, 0.2) is 42.5 Å². The number of nitrogens with zero attached hydrogens (tertiary/aromatic N) is 2. The van der Waals surface area contributed by atoms with Crippen LogP contribution in [0.3, 0.4) is 0 Å². The van der Waals surface area contributed by atoms with Crippen molar-refractivity contribution < 1.29 is 14.3 Å². The predicted octanol–water partition coefficient (Wildman–Crippen LogP) is 5.91. The highest BCUT2D eigenvalue weighted by atomic mass is 16.6. The zero-order valence-electron chi connectivity index (χ0n) is 21.0. The van der Waals surface area contributed by atoms with Crippen LogP contribution in [0.25, 0.3) is 0 Å². The molecule has 1 aromatic carbocycles. The van der Waals surface area contributed by atoms with Crippen LogP contribution in [0, 0.1) is 19.8 Å². The highest BCUT2D eigenvalue weighted by molar-refractivity contribution is 5.68. The van der Waals surface area contributed by atoms with E-state index in [1.807, 2.05) is 27.7 Å². The summed E-state index contributed by atoms with van der Waals surface area (Å²) in [7, 11) is 0. The van der Waals surface area contributed by atoms with Crippen LogP contribution in [-0.2, 0) is 22.3 Å². The summed E-state index contributed by atoms with van der Waals surface area (Å²) >= 11 is 0. The second-order valence-electron chi connectivity index (χ2n) is 10.3. The molecule has 2 heterocycles. The van der Waals surface area contributed by atoms with Crippen LogP contribution < -0.4 is 0 Å². The maximum Gasteiger partial charge on any atom is 0.410 e. The maximum atomic E-state index is 12.7. The molecule has 5 nitrogen and oxygen atoms in total. The number of aryl methyl sites for hydroxylation is 3. The highest BCUT2D eigenvalue weighted by Crippen LogP contribution is 2.26. The Morgan fingerprint density at radius 1 is 1.06 bits per heavy atom. The maximum absolute atomic E-state index is 12.7. The molecule has 1 aromatic heterocycles. The fourth-order valence-electron chi connectivity index (χ4n) is 4.49. The van der Waals surface area contributed by atoms with Crippen LogP contribution in [-0.4, -0.2) is 47.4 Å². The Morgan fingerprint density at radius 2 is 1.82 bits per heavy atom. The lowest BCUT2D eigenvalue weighted by molar-refractivity contribution is 0.0171. The van der Waals surface area contributed by atoms with E-state index in [1.54, 1.807) is 4.90 Å². The van der Waals surface area contributed by atoms with E-state index in [4.69, 9.17) is 14.5 Å². The van der Waals surface area contributed by atoms with Crippen molar-refractivity contribution in [2.24, 2.45) is 5.92 Å². The number of hydrogen-bond donors (Lipinski definition) is 0. The van der Waals surface area contributed by atoms with Gasteiger partial charge in [-0.2, -0.15) is 0 Å². The lowest BCUT2D eigenvalue weighted by Gasteiger charge is -2.24. The van der Waals surface area contributed by atoms with E-state index in [0.717, 1.165) is 50.1 Å². The molecular formula is C28H40N2O3. The molecule has 1 aliphatic heterocycles. The molecule has 2 aromatic rings. The molecule has 0 unspecified atom stereocenters. The number of benzene rings is 1. The molecule has 0 N–H and O–H groups in total. The molecule has 33 heavy (non-hydrogen) atoms. The molecule has 0 bridgehead atoms. The molecule has 0 saturated carbocycles. The summed E-state index contributed by atoms with van der Waals surface area (Å²) in [5, 5.41) is 0. The minimum atomic E-state index is -0.501. The van der Waals surface area contributed by atoms with Gasteiger partial charge in [0.05, 0.1) is 12.6 Å². The normalized spacial score (nSPS) is 18.5. The van der Waals surface area contributed by atoms with Crippen LogP contribution >= 0.6 is 0 Å². The quantitative estimate of drug-likeness (QED) is 0.444. The van der Waals surface area contributed by atoms with Crippen molar-refractivity contribution in [2.45, 2.75) is 78.4 Å². The molecule has 1 aliphatic rings. The Morgan fingerprint density at radius 3 is 2.52 bits per heavy atom. The van der Waals surface area contributed by atoms with Gasteiger partial charge in [-0.15, -0.1) is 0 Å². The minimum Gasteiger partial charge on any atom is -0.444 e. The number of hydrogen-bond acceptors (Lipinski definition) is 4. The average Bonchev–Trinajstić information content (AvgIpc) is 3.12. The molecule has 0 spiro atoms. The van der Waals surface area contributed by atoms with Crippen molar-refractivity contribution in [1.29, 1.82) is 0 Å². The molecule has 1 saturated heterocycles. The second-order valence-corrected chi connectivity index (χ2v) is 10.3. The molecule has 1 amide bonds. The Balaban J connectivity index is 1.53. The first-order valence-corrected chi connectivity index (χ1v) is 12.3. The number of amides is 1. The van der Waals surface area contributed by atoms with Crippen molar-refractivity contribution in [3.05, 3.63) is 65.0 Å². The molecule has 1 fully saturated rings. The summed E-state index contributed by atoms with van der Waals surface area (Å²) in [5.74, 6) is 0.218. The van der Waals surface area contributed by atoms with Crippen LogP contribution in [0.1, 0.15) is 62.5 Å². The number of likely N-dealkylation sites (tertiary alicyclic amines) is 1. The number of pyridine rings is 1. The topological polar surface area (TPSA) is 51.7 Å². The van der Waals surface area contributed by atoms with Gasteiger partial charge in [0.1, 0.15) is 5.60 Å².